The molecule has 0 radical (unpaired) electrons. The molecule has 2 N–H and O–H groups in total. The summed E-state index contributed by atoms with van der Waals surface area (Å²) < 4.78 is 37.3. The molecular weight excluding hydrogens is 263 g/mol. The Morgan fingerprint density at radius 1 is 1.39 bits per heavy atom. The normalized spacial score (nSPS) is 11.5. The molecule has 0 aliphatic rings. The zero-order valence-electron chi connectivity index (χ0n) is 9.68. The average molecular weight is 276 g/mol. The summed E-state index contributed by atoms with van der Waals surface area (Å²) in [4.78, 5) is 10.3. The lowest BCUT2D eigenvalue weighted by atomic mass is 10.0. The fourth-order valence-corrected chi connectivity index (χ4v) is 2.75. The minimum Gasteiger partial charge on any atom is -0.478 e. The molecule has 5 nitrogen and oxygen atoms in total. The van der Waals surface area contributed by atoms with Crippen LogP contribution in [0.15, 0.2) is 17.0 Å². The maximum Gasteiger partial charge on any atom is 0.336 e. The van der Waals surface area contributed by atoms with Gasteiger partial charge in [0.2, 0.25) is 0 Å². The van der Waals surface area contributed by atoms with Crippen LogP contribution in [0.5, 0.6) is 0 Å². The summed E-state index contributed by atoms with van der Waals surface area (Å²) in [5, 5.41) is 17.5. The van der Waals surface area contributed by atoms with Gasteiger partial charge < -0.3 is 10.2 Å². The zero-order valence-corrected chi connectivity index (χ0v) is 10.5. The number of halogens is 1. The largest absolute Gasteiger partial charge is 0.478 e. The SMILES string of the molecule is CCc1c(C(=O)O)ccc(S(=O)(=O)CCO)c1F. The predicted octanol–water partition coefficient (Wildman–Crippen LogP) is 0.852. The summed E-state index contributed by atoms with van der Waals surface area (Å²) in [5.41, 5.74) is -0.403. The first-order chi connectivity index (χ1) is 8.35. The molecular formula is C11H13FO5S. The van der Waals surface area contributed by atoms with Crippen molar-refractivity contribution in [2.75, 3.05) is 12.4 Å². The van der Waals surface area contributed by atoms with E-state index in [1.54, 1.807) is 0 Å². The average Bonchev–Trinajstić information content (AvgIpc) is 2.27. The molecule has 0 atom stereocenters. The fourth-order valence-electron chi connectivity index (χ4n) is 1.62. The summed E-state index contributed by atoms with van der Waals surface area (Å²) in [6.45, 7) is 0.914. The number of sulfone groups is 1. The van der Waals surface area contributed by atoms with Crippen molar-refractivity contribution in [1.29, 1.82) is 0 Å². The van der Waals surface area contributed by atoms with Gasteiger partial charge in [0.15, 0.2) is 9.84 Å². The number of benzene rings is 1. The molecule has 0 heterocycles. The van der Waals surface area contributed by atoms with Gasteiger partial charge >= 0.3 is 5.97 Å². The van der Waals surface area contributed by atoms with E-state index in [0.29, 0.717) is 0 Å². The van der Waals surface area contributed by atoms with Crippen LogP contribution in [0.1, 0.15) is 22.8 Å². The highest BCUT2D eigenvalue weighted by atomic mass is 32.2. The quantitative estimate of drug-likeness (QED) is 0.832. The van der Waals surface area contributed by atoms with Crippen molar-refractivity contribution in [2.24, 2.45) is 0 Å². The molecule has 0 saturated carbocycles. The van der Waals surface area contributed by atoms with Crippen LogP contribution in [0, 0.1) is 5.82 Å². The van der Waals surface area contributed by atoms with Crippen molar-refractivity contribution in [3.63, 3.8) is 0 Å². The van der Waals surface area contributed by atoms with E-state index in [-0.39, 0.29) is 17.5 Å². The first-order valence-corrected chi connectivity index (χ1v) is 6.88. The minimum atomic E-state index is -3.93. The fraction of sp³-hybridized carbons (Fsp3) is 0.364. The van der Waals surface area contributed by atoms with Gasteiger partial charge in [0.1, 0.15) is 10.7 Å². The van der Waals surface area contributed by atoms with Crippen LogP contribution < -0.4 is 0 Å². The van der Waals surface area contributed by atoms with Gasteiger partial charge in [-0.05, 0) is 18.6 Å². The standard InChI is InChI=1S/C11H13FO5S/c1-2-7-8(11(14)15)3-4-9(10(7)12)18(16,17)6-5-13/h3-4,13H,2,5-6H2,1H3,(H,14,15). The summed E-state index contributed by atoms with van der Waals surface area (Å²) >= 11 is 0. The second kappa shape index (κ2) is 5.45. The number of aliphatic hydroxyl groups excluding tert-OH is 1. The third-order valence-corrected chi connectivity index (χ3v) is 4.19. The third-order valence-electron chi connectivity index (χ3n) is 2.49. The Balaban J connectivity index is 3.48. The van der Waals surface area contributed by atoms with Gasteiger partial charge in [0.05, 0.1) is 17.9 Å². The maximum atomic E-state index is 14.0. The van der Waals surface area contributed by atoms with Crippen LogP contribution in [0.25, 0.3) is 0 Å². The van der Waals surface area contributed by atoms with Crippen LogP contribution in [0.3, 0.4) is 0 Å². The number of carbonyl (C=O) groups is 1. The first kappa shape index (κ1) is 14.6. The van der Waals surface area contributed by atoms with Gasteiger partial charge in [-0.25, -0.2) is 17.6 Å². The Kier molecular flexibility index (Phi) is 4.42. The van der Waals surface area contributed by atoms with Crippen LogP contribution in [0.4, 0.5) is 4.39 Å². The maximum absolute atomic E-state index is 14.0. The predicted molar refractivity (Wildman–Crippen MR) is 61.9 cm³/mol. The monoisotopic (exact) mass is 276 g/mol. The van der Waals surface area contributed by atoms with Crippen LogP contribution in [-0.4, -0.2) is 37.0 Å². The highest BCUT2D eigenvalue weighted by Crippen LogP contribution is 2.23. The lowest BCUT2D eigenvalue weighted by Gasteiger charge is -2.10. The second-order valence-electron chi connectivity index (χ2n) is 3.60. The van der Waals surface area contributed by atoms with E-state index >= 15 is 0 Å². The van der Waals surface area contributed by atoms with E-state index in [1.807, 2.05) is 0 Å². The molecule has 7 heteroatoms. The number of carboxylic acids is 1. The summed E-state index contributed by atoms with van der Waals surface area (Å²) in [6.07, 6.45) is 0.0654. The van der Waals surface area contributed by atoms with Crippen molar-refractivity contribution in [2.45, 2.75) is 18.2 Å². The number of aromatic carboxylic acids is 1. The Bertz CT molecular complexity index is 565. The Morgan fingerprint density at radius 3 is 2.44 bits per heavy atom. The molecule has 0 unspecified atom stereocenters. The summed E-state index contributed by atoms with van der Waals surface area (Å²) in [5.74, 6) is -2.96. The molecule has 1 aromatic carbocycles. The molecule has 0 fully saturated rings. The van der Waals surface area contributed by atoms with Gasteiger partial charge in [-0.1, -0.05) is 6.92 Å². The molecule has 0 saturated heterocycles. The highest BCUT2D eigenvalue weighted by molar-refractivity contribution is 7.91. The van der Waals surface area contributed by atoms with Gasteiger partial charge in [-0.3, -0.25) is 0 Å². The third kappa shape index (κ3) is 2.68. The van der Waals surface area contributed by atoms with Crippen molar-refractivity contribution < 1.29 is 27.8 Å². The lowest BCUT2D eigenvalue weighted by molar-refractivity contribution is 0.0695. The van der Waals surface area contributed by atoms with E-state index in [4.69, 9.17) is 10.2 Å². The highest BCUT2D eigenvalue weighted by Gasteiger charge is 2.24. The molecule has 0 aliphatic carbocycles. The van der Waals surface area contributed by atoms with Gasteiger partial charge in [-0.2, -0.15) is 0 Å². The van der Waals surface area contributed by atoms with Crippen LogP contribution in [-0.2, 0) is 16.3 Å². The van der Waals surface area contributed by atoms with Gasteiger partial charge in [0.25, 0.3) is 0 Å². The Hall–Kier alpha value is -1.47. The molecule has 100 valence electrons. The van der Waals surface area contributed by atoms with E-state index in [1.165, 1.54) is 6.92 Å². The number of hydrogen-bond donors (Lipinski definition) is 2. The Labute approximate surface area is 104 Å². The van der Waals surface area contributed by atoms with E-state index in [0.717, 1.165) is 12.1 Å². The van der Waals surface area contributed by atoms with Crippen LogP contribution >= 0.6 is 0 Å². The molecule has 0 aromatic heterocycles. The van der Waals surface area contributed by atoms with E-state index < -0.39 is 38.9 Å². The van der Waals surface area contributed by atoms with Crippen molar-refractivity contribution >= 4 is 15.8 Å². The zero-order chi connectivity index (χ0) is 13.9. The molecule has 0 amide bonds. The van der Waals surface area contributed by atoms with Gasteiger partial charge in [0, 0.05) is 5.56 Å². The number of rotatable bonds is 5. The van der Waals surface area contributed by atoms with Crippen molar-refractivity contribution in [1.82, 2.24) is 0 Å². The number of carboxylic acid groups (broad SMARTS) is 1. The molecule has 0 bridgehead atoms. The molecule has 18 heavy (non-hydrogen) atoms. The summed E-state index contributed by atoms with van der Waals surface area (Å²) in [6, 6.07) is 1.98. The topological polar surface area (TPSA) is 91.7 Å². The molecule has 1 aromatic rings. The minimum absolute atomic E-state index is 0.0654. The Morgan fingerprint density at radius 2 is 2.00 bits per heavy atom. The number of hydrogen-bond acceptors (Lipinski definition) is 4. The summed E-state index contributed by atoms with van der Waals surface area (Å²) in [7, 11) is -3.93. The number of aliphatic hydroxyl groups is 1. The molecule has 0 aliphatic heterocycles. The van der Waals surface area contributed by atoms with E-state index in [2.05, 4.69) is 0 Å². The first-order valence-electron chi connectivity index (χ1n) is 5.23. The van der Waals surface area contributed by atoms with E-state index in [9.17, 15) is 17.6 Å². The van der Waals surface area contributed by atoms with Crippen molar-refractivity contribution in [3.05, 3.63) is 29.1 Å². The smallest absolute Gasteiger partial charge is 0.336 e. The lowest BCUT2D eigenvalue weighted by Crippen LogP contribution is -2.15. The molecule has 0 spiro atoms. The second-order valence-corrected chi connectivity index (χ2v) is 5.68. The van der Waals surface area contributed by atoms with Crippen LogP contribution in [0.2, 0.25) is 0 Å². The van der Waals surface area contributed by atoms with Gasteiger partial charge in [-0.15, -0.1) is 0 Å². The van der Waals surface area contributed by atoms with Crippen molar-refractivity contribution in [3.8, 4) is 0 Å². The molecule has 1 rings (SSSR count).